The fourth-order valence-corrected chi connectivity index (χ4v) is 1.39. The van der Waals surface area contributed by atoms with Crippen molar-refractivity contribution in [3.63, 3.8) is 0 Å². The predicted molar refractivity (Wildman–Crippen MR) is 56.1 cm³/mol. The van der Waals surface area contributed by atoms with Gasteiger partial charge in [0.15, 0.2) is 0 Å². The lowest BCUT2D eigenvalue weighted by Gasteiger charge is -1.99. The number of benzene rings is 1. The van der Waals surface area contributed by atoms with E-state index >= 15 is 0 Å². The van der Waals surface area contributed by atoms with Crippen LogP contribution < -0.4 is 0 Å². The lowest BCUT2D eigenvalue weighted by molar-refractivity contribution is 0.257. The van der Waals surface area contributed by atoms with Crippen LogP contribution in [0.5, 0.6) is 0 Å². The molecular formula is C11H10N2O. The standard InChI is InChI=1S/C11H10N2O/c1-8-10(13-11(14)12-8)7-9-5-3-2-4-6-9/h2-6H,7H2,1H3. The van der Waals surface area contributed by atoms with E-state index in [0.29, 0.717) is 6.42 Å². The molecule has 3 heteroatoms. The highest BCUT2D eigenvalue weighted by Crippen LogP contribution is 2.07. The van der Waals surface area contributed by atoms with Gasteiger partial charge in [0.05, 0.1) is 11.4 Å². The molecule has 0 aromatic heterocycles. The highest BCUT2D eigenvalue weighted by molar-refractivity contribution is 6.47. The first kappa shape index (κ1) is 8.81. The summed E-state index contributed by atoms with van der Waals surface area (Å²) in [4.78, 5) is 18.5. The molecule has 70 valence electrons. The number of carbonyl (C=O) groups is 1. The topological polar surface area (TPSA) is 41.8 Å². The van der Waals surface area contributed by atoms with E-state index in [0.717, 1.165) is 17.0 Å². The number of hydrogen-bond donors (Lipinski definition) is 0. The van der Waals surface area contributed by atoms with Crippen molar-refractivity contribution in [3.8, 4) is 0 Å². The predicted octanol–water partition coefficient (Wildman–Crippen LogP) is 2.26. The average Bonchev–Trinajstić information content (AvgIpc) is 2.47. The van der Waals surface area contributed by atoms with Gasteiger partial charge in [-0.05, 0) is 12.5 Å². The second kappa shape index (κ2) is 3.54. The summed E-state index contributed by atoms with van der Waals surface area (Å²) >= 11 is 0. The largest absolute Gasteiger partial charge is 0.367 e. The van der Waals surface area contributed by atoms with E-state index in [-0.39, 0.29) is 6.03 Å². The maximum absolute atomic E-state index is 10.9. The van der Waals surface area contributed by atoms with Crippen LogP contribution >= 0.6 is 0 Å². The molecule has 0 fully saturated rings. The lowest BCUT2D eigenvalue weighted by Crippen LogP contribution is -2.09. The molecule has 0 atom stereocenters. The Labute approximate surface area is 82.2 Å². The van der Waals surface area contributed by atoms with Crippen LogP contribution in [0.3, 0.4) is 0 Å². The maximum Gasteiger partial charge on any atom is 0.367 e. The van der Waals surface area contributed by atoms with E-state index in [1.807, 2.05) is 37.3 Å². The third-order valence-electron chi connectivity index (χ3n) is 2.13. The van der Waals surface area contributed by atoms with Crippen LogP contribution in [0.15, 0.2) is 40.3 Å². The Hall–Kier alpha value is -1.77. The first-order valence-electron chi connectivity index (χ1n) is 4.47. The van der Waals surface area contributed by atoms with Gasteiger partial charge in [0.2, 0.25) is 0 Å². The molecule has 0 saturated carbocycles. The first-order chi connectivity index (χ1) is 6.75. The summed E-state index contributed by atoms with van der Waals surface area (Å²) in [5.74, 6) is 0. The zero-order chi connectivity index (χ0) is 9.97. The Bertz CT molecular complexity index is 418. The monoisotopic (exact) mass is 186 g/mol. The van der Waals surface area contributed by atoms with Crippen molar-refractivity contribution in [3.05, 3.63) is 35.9 Å². The van der Waals surface area contributed by atoms with Gasteiger partial charge in [0.25, 0.3) is 0 Å². The Morgan fingerprint density at radius 2 is 1.86 bits per heavy atom. The number of rotatable bonds is 2. The number of amides is 2. The number of aliphatic imine (C=N–C) groups is 2. The summed E-state index contributed by atoms with van der Waals surface area (Å²) in [6.45, 7) is 1.81. The Morgan fingerprint density at radius 3 is 2.43 bits per heavy atom. The lowest BCUT2D eigenvalue weighted by atomic mass is 10.1. The van der Waals surface area contributed by atoms with Crippen LogP contribution in [0.2, 0.25) is 0 Å². The molecule has 1 aromatic rings. The van der Waals surface area contributed by atoms with Gasteiger partial charge in [0, 0.05) is 6.42 Å². The smallest absolute Gasteiger partial charge is 0.244 e. The van der Waals surface area contributed by atoms with Crippen molar-refractivity contribution in [1.29, 1.82) is 0 Å². The molecule has 0 N–H and O–H groups in total. The Balaban J connectivity index is 2.18. The molecule has 0 unspecified atom stereocenters. The molecule has 1 heterocycles. The molecular weight excluding hydrogens is 176 g/mol. The van der Waals surface area contributed by atoms with Crippen molar-refractivity contribution in [1.82, 2.24) is 0 Å². The van der Waals surface area contributed by atoms with Crippen molar-refractivity contribution >= 4 is 17.5 Å². The molecule has 3 nitrogen and oxygen atoms in total. The number of hydrogen-bond acceptors (Lipinski definition) is 1. The maximum atomic E-state index is 10.9. The van der Waals surface area contributed by atoms with E-state index in [1.54, 1.807) is 0 Å². The molecule has 14 heavy (non-hydrogen) atoms. The molecule has 0 aliphatic carbocycles. The molecule has 1 aliphatic heterocycles. The zero-order valence-electron chi connectivity index (χ0n) is 7.90. The molecule has 1 aromatic carbocycles. The average molecular weight is 186 g/mol. The summed E-state index contributed by atoms with van der Waals surface area (Å²) in [6.07, 6.45) is 0.682. The van der Waals surface area contributed by atoms with E-state index in [9.17, 15) is 4.79 Å². The van der Waals surface area contributed by atoms with E-state index in [4.69, 9.17) is 0 Å². The van der Waals surface area contributed by atoms with Crippen molar-refractivity contribution < 1.29 is 4.79 Å². The second-order valence-electron chi connectivity index (χ2n) is 3.20. The minimum atomic E-state index is -0.381. The summed E-state index contributed by atoms with van der Waals surface area (Å²) in [6, 6.07) is 9.55. The summed E-state index contributed by atoms with van der Waals surface area (Å²) in [5, 5.41) is 0. The molecule has 2 amide bonds. The van der Waals surface area contributed by atoms with Crippen molar-refractivity contribution in [2.45, 2.75) is 13.3 Å². The van der Waals surface area contributed by atoms with Gasteiger partial charge in [-0.15, -0.1) is 0 Å². The van der Waals surface area contributed by atoms with Crippen LogP contribution in [0.4, 0.5) is 4.79 Å². The van der Waals surface area contributed by atoms with E-state index < -0.39 is 0 Å². The van der Waals surface area contributed by atoms with Crippen LogP contribution in [0.1, 0.15) is 12.5 Å². The van der Waals surface area contributed by atoms with Gasteiger partial charge < -0.3 is 0 Å². The summed E-state index contributed by atoms with van der Waals surface area (Å²) in [5.41, 5.74) is 2.66. The van der Waals surface area contributed by atoms with Crippen molar-refractivity contribution in [2.24, 2.45) is 9.98 Å². The van der Waals surface area contributed by atoms with Crippen molar-refractivity contribution in [2.75, 3.05) is 0 Å². The van der Waals surface area contributed by atoms with Gasteiger partial charge in [0.1, 0.15) is 0 Å². The highest BCUT2D eigenvalue weighted by atomic mass is 16.2. The minimum Gasteiger partial charge on any atom is -0.244 e. The summed E-state index contributed by atoms with van der Waals surface area (Å²) < 4.78 is 0. The third-order valence-corrected chi connectivity index (χ3v) is 2.13. The fraction of sp³-hybridized carbons (Fsp3) is 0.182. The Kier molecular flexibility index (Phi) is 2.23. The fourth-order valence-electron chi connectivity index (χ4n) is 1.39. The summed E-state index contributed by atoms with van der Waals surface area (Å²) in [7, 11) is 0. The van der Waals surface area contributed by atoms with Gasteiger partial charge in [-0.3, -0.25) is 0 Å². The molecule has 1 aliphatic rings. The van der Waals surface area contributed by atoms with Gasteiger partial charge >= 0.3 is 6.03 Å². The van der Waals surface area contributed by atoms with Gasteiger partial charge in [-0.1, -0.05) is 30.3 Å². The number of nitrogens with zero attached hydrogens (tertiary/aromatic N) is 2. The van der Waals surface area contributed by atoms with Crippen LogP contribution in [0, 0.1) is 0 Å². The zero-order valence-corrected chi connectivity index (χ0v) is 7.90. The molecule has 0 saturated heterocycles. The Morgan fingerprint density at radius 1 is 1.14 bits per heavy atom. The van der Waals surface area contributed by atoms with Crippen LogP contribution in [0.25, 0.3) is 0 Å². The first-order valence-corrected chi connectivity index (χ1v) is 4.47. The quantitative estimate of drug-likeness (QED) is 0.698. The van der Waals surface area contributed by atoms with Gasteiger partial charge in [-0.2, -0.15) is 9.98 Å². The number of urea groups is 1. The highest BCUT2D eigenvalue weighted by Gasteiger charge is 2.14. The van der Waals surface area contributed by atoms with Gasteiger partial charge in [-0.25, -0.2) is 4.79 Å². The van der Waals surface area contributed by atoms with E-state index in [1.165, 1.54) is 0 Å². The minimum absolute atomic E-state index is 0.381. The number of carbonyl (C=O) groups excluding carboxylic acids is 1. The molecule has 2 rings (SSSR count). The molecule has 0 spiro atoms. The van der Waals surface area contributed by atoms with Crippen LogP contribution in [-0.2, 0) is 6.42 Å². The second-order valence-corrected chi connectivity index (χ2v) is 3.20. The SMILES string of the molecule is CC1=NC(=O)N=C1Cc1ccccc1. The normalized spacial score (nSPS) is 15.4. The van der Waals surface area contributed by atoms with E-state index in [2.05, 4.69) is 9.98 Å². The third kappa shape index (κ3) is 1.76. The van der Waals surface area contributed by atoms with Crippen LogP contribution in [-0.4, -0.2) is 17.5 Å². The molecule has 0 bridgehead atoms. The molecule has 0 radical (unpaired) electrons.